The Bertz CT molecular complexity index is 1230. The van der Waals surface area contributed by atoms with E-state index in [1.54, 1.807) is 17.8 Å². The average molecular weight is 520 g/mol. The third-order valence-corrected chi connectivity index (χ3v) is 7.65. The van der Waals surface area contributed by atoms with E-state index in [0.29, 0.717) is 18.2 Å². The van der Waals surface area contributed by atoms with Gasteiger partial charge in [-0.15, -0.1) is 4.48 Å². The highest BCUT2D eigenvalue weighted by Crippen LogP contribution is 2.27. The van der Waals surface area contributed by atoms with Crippen molar-refractivity contribution in [2.75, 3.05) is 44.1 Å². The third-order valence-electron chi connectivity index (χ3n) is 7.65. The zero-order chi connectivity index (χ0) is 26.5. The quantitative estimate of drug-likeness (QED) is 0.351. The summed E-state index contributed by atoms with van der Waals surface area (Å²) in [4.78, 5) is 13.9. The number of aromatic nitrogens is 2. The number of aliphatic hydroxyl groups excluding tert-OH is 1. The molecule has 2 aromatic carbocycles. The molecule has 0 saturated carbocycles. The van der Waals surface area contributed by atoms with Crippen molar-refractivity contribution in [3.05, 3.63) is 65.4 Å². The van der Waals surface area contributed by atoms with Crippen LogP contribution in [0.25, 0.3) is 11.3 Å². The first-order chi connectivity index (χ1) is 18.5. The maximum Gasteiger partial charge on any atom is 0.227 e. The lowest BCUT2D eigenvalue weighted by Crippen LogP contribution is -2.43. The third kappa shape index (κ3) is 6.66. The van der Waals surface area contributed by atoms with Crippen LogP contribution in [0.15, 0.2) is 48.7 Å². The summed E-state index contributed by atoms with van der Waals surface area (Å²) in [6, 6.07) is 13.9. The van der Waals surface area contributed by atoms with E-state index in [-0.39, 0.29) is 5.92 Å². The number of piperidine rings is 1. The van der Waals surface area contributed by atoms with Crippen LogP contribution in [0.1, 0.15) is 36.0 Å². The highest BCUT2D eigenvalue weighted by atomic mass is 19.2. The van der Waals surface area contributed by atoms with Gasteiger partial charge < -0.3 is 15.3 Å². The summed E-state index contributed by atoms with van der Waals surface area (Å²) < 4.78 is 13.5. The largest absolute Gasteiger partial charge is 0.378 e. The van der Waals surface area contributed by atoms with Crippen molar-refractivity contribution in [2.24, 2.45) is 5.92 Å². The summed E-state index contributed by atoms with van der Waals surface area (Å²) >= 11 is 0. The number of rotatable bonds is 1. The Hall–Kier alpha value is -3.11. The van der Waals surface area contributed by atoms with Gasteiger partial charge in [-0.1, -0.05) is 12.1 Å². The van der Waals surface area contributed by atoms with Gasteiger partial charge >= 0.3 is 0 Å². The second-order valence-electron chi connectivity index (χ2n) is 10.6. The Morgan fingerprint density at radius 1 is 1.05 bits per heavy atom. The lowest BCUT2D eigenvalue weighted by atomic mass is 9.94. The summed E-state index contributed by atoms with van der Waals surface area (Å²) in [5.74, 6) is 0.709. The van der Waals surface area contributed by atoms with Gasteiger partial charge in [0.1, 0.15) is 6.23 Å². The Morgan fingerprint density at radius 2 is 1.89 bits per heavy atom. The van der Waals surface area contributed by atoms with Gasteiger partial charge in [-0.3, -0.25) is 10.2 Å². The molecule has 8 nitrogen and oxygen atoms in total. The fraction of sp³-hybridized carbons (Fsp3) is 0.448. The monoisotopic (exact) mass is 519 g/mol. The molecule has 1 aromatic heterocycles. The number of fused-ring (bicyclic) bond motifs is 8. The van der Waals surface area contributed by atoms with E-state index in [0.717, 1.165) is 74.5 Å². The van der Waals surface area contributed by atoms with Gasteiger partial charge in [0.25, 0.3) is 0 Å². The van der Waals surface area contributed by atoms with Crippen molar-refractivity contribution >= 4 is 17.3 Å². The summed E-state index contributed by atoms with van der Waals surface area (Å²) in [5.41, 5.74) is 8.25. The molecule has 1 saturated heterocycles. The molecule has 1 atom stereocenters. The number of nitrogens with one attached hydrogen (secondary N) is 3. The van der Waals surface area contributed by atoms with Crippen molar-refractivity contribution in [1.82, 2.24) is 25.1 Å². The number of hydrogen-bond donors (Lipinski definition) is 4. The first kappa shape index (κ1) is 26.5. The zero-order valence-corrected chi connectivity index (χ0v) is 22.3. The van der Waals surface area contributed by atoms with Crippen LogP contribution in [0.3, 0.4) is 0 Å². The number of hydrogen-bond acceptors (Lipinski definition) is 8. The molecule has 38 heavy (non-hydrogen) atoms. The normalized spacial score (nSPS) is 23.1. The molecular formula is C29H38FN7O. The molecule has 4 heterocycles. The molecule has 202 valence electrons. The van der Waals surface area contributed by atoms with Crippen LogP contribution in [0.5, 0.6) is 0 Å². The number of anilines is 3. The molecule has 3 aromatic rings. The van der Waals surface area contributed by atoms with Crippen molar-refractivity contribution < 1.29 is 9.59 Å². The van der Waals surface area contributed by atoms with E-state index in [9.17, 15) is 9.59 Å². The Balaban J connectivity index is 1.44. The Labute approximate surface area is 224 Å². The number of nitrogens with zero attached hydrogens (tertiary/aromatic N) is 4. The van der Waals surface area contributed by atoms with Crippen molar-refractivity contribution in [3.8, 4) is 11.3 Å². The average Bonchev–Trinajstić information content (AvgIpc) is 2.92. The van der Waals surface area contributed by atoms with E-state index in [1.807, 2.05) is 18.2 Å². The Morgan fingerprint density at radius 3 is 2.71 bits per heavy atom. The van der Waals surface area contributed by atoms with Gasteiger partial charge in [0.05, 0.1) is 11.4 Å². The molecule has 0 amide bonds. The number of aliphatic hydroxyl groups is 1. The summed E-state index contributed by atoms with van der Waals surface area (Å²) in [7, 11) is 2.14. The highest BCUT2D eigenvalue weighted by molar-refractivity contribution is 5.66. The van der Waals surface area contributed by atoms with Crippen LogP contribution in [-0.4, -0.2) is 64.3 Å². The molecule has 0 radical (unpaired) electrons. The van der Waals surface area contributed by atoms with Gasteiger partial charge in [0.2, 0.25) is 5.95 Å². The minimum atomic E-state index is -0.483. The second-order valence-corrected chi connectivity index (χ2v) is 10.6. The SMILES string of the molecule is Cc1ccc2cc1CN(C)CCCNC(O)C1CCN(CC1)Cc1cc(NF)cc(c1)Nc1nccc-2n1. The summed E-state index contributed by atoms with van der Waals surface area (Å²) in [5, 5.41) is 17.4. The van der Waals surface area contributed by atoms with E-state index in [2.05, 4.69) is 57.6 Å². The molecule has 6 rings (SSSR count). The van der Waals surface area contributed by atoms with Gasteiger partial charge in [0, 0.05) is 36.5 Å². The minimum Gasteiger partial charge on any atom is -0.378 e. The maximum atomic E-state index is 13.5. The van der Waals surface area contributed by atoms with Crippen LogP contribution >= 0.6 is 0 Å². The van der Waals surface area contributed by atoms with Crippen LogP contribution in [0, 0.1) is 12.8 Å². The molecule has 9 heteroatoms. The van der Waals surface area contributed by atoms with Crippen molar-refractivity contribution in [2.45, 2.75) is 45.5 Å². The highest BCUT2D eigenvalue weighted by Gasteiger charge is 2.25. The van der Waals surface area contributed by atoms with Crippen LogP contribution in [-0.2, 0) is 13.1 Å². The van der Waals surface area contributed by atoms with Crippen LogP contribution in [0.2, 0.25) is 0 Å². The molecule has 3 aliphatic rings. The predicted molar refractivity (Wildman–Crippen MR) is 150 cm³/mol. The van der Waals surface area contributed by atoms with Gasteiger partial charge in [0.15, 0.2) is 0 Å². The van der Waals surface area contributed by atoms with E-state index in [4.69, 9.17) is 4.98 Å². The maximum absolute atomic E-state index is 13.5. The minimum absolute atomic E-state index is 0.243. The first-order valence-electron chi connectivity index (χ1n) is 13.5. The topological polar surface area (TPSA) is 88.6 Å². The Kier molecular flexibility index (Phi) is 8.48. The van der Waals surface area contributed by atoms with Gasteiger partial charge in [-0.25, -0.2) is 15.5 Å². The molecule has 1 fully saturated rings. The van der Waals surface area contributed by atoms with Crippen molar-refractivity contribution in [1.29, 1.82) is 0 Å². The van der Waals surface area contributed by atoms with Gasteiger partial charge in [-0.05, 0) is 106 Å². The standard InChI is InChI=1S/C29H38FN7O/c1-20-4-5-23-16-24(20)19-36(2)11-3-9-31-28(38)22-7-12-37(13-8-22)18-21-14-25(17-26(15-21)35-30)33-29-32-10-6-27(23)34-29/h4-6,10,14-17,22,28,31,35,38H,3,7-9,11-13,18-19H2,1-2H3,(H,32,33,34). The molecule has 1 unspecified atom stereocenters. The fourth-order valence-electron chi connectivity index (χ4n) is 5.44. The number of aryl methyl sites for hydroxylation is 1. The lowest BCUT2D eigenvalue weighted by molar-refractivity contribution is 0.0338. The molecule has 0 aliphatic carbocycles. The first-order valence-corrected chi connectivity index (χ1v) is 13.5. The summed E-state index contributed by atoms with van der Waals surface area (Å²) in [6.45, 7) is 7.19. The molecule has 4 N–H and O–H groups in total. The van der Waals surface area contributed by atoms with Crippen LogP contribution < -0.4 is 16.2 Å². The van der Waals surface area contributed by atoms with E-state index < -0.39 is 6.23 Å². The van der Waals surface area contributed by atoms with Gasteiger partial charge in [-0.2, -0.15) is 0 Å². The van der Waals surface area contributed by atoms with E-state index in [1.165, 1.54) is 11.1 Å². The second kappa shape index (κ2) is 12.2. The van der Waals surface area contributed by atoms with Crippen molar-refractivity contribution in [3.63, 3.8) is 0 Å². The number of benzene rings is 2. The smallest absolute Gasteiger partial charge is 0.227 e. The zero-order valence-electron chi connectivity index (χ0n) is 22.3. The molecular weight excluding hydrogens is 481 g/mol. The number of halogens is 1. The molecule has 0 spiro atoms. The summed E-state index contributed by atoms with van der Waals surface area (Å²) in [6.07, 6.45) is 4.09. The predicted octanol–water partition coefficient (Wildman–Crippen LogP) is 4.45. The lowest BCUT2D eigenvalue weighted by Gasteiger charge is -2.34. The molecule has 8 bridgehead atoms. The molecule has 3 aliphatic heterocycles. The van der Waals surface area contributed by atoms with E-state index >= 15 is 0 Å². The fourth-order valence-corrected chi connectivity index (χ4v) is 5.44. The van der Waals surface area contributed by atoms with Crippen LogP contribution in [0.4, 0.5) is 21.8 Å².